The van der Waals surface area contributed by atoms with Gasteiger partial charge < -0.3 is 10.5 Å². The number of carbonyl (C=O) groups is 1. The third-order valence-corrected chi connectivity index (χ3v) is 3.68. The van der Waals surface area contributed by atoms with Crippen molar-refractivity contribution in [3.05, 3.63) is 53.2 Å². The highest BCUT2D eigenvalue weighted by molar-refractivity contribution is 6.03. The lowest BCUT2D eigenvalue weighted by Crippen LogP contribution is -2.29. The van der Waals surface area contributed by atoms with Crippen molar-refractivity contribution in [2.75, 3.05) is 12.3 Å². The Kier molecular flexibility index (Phi) is 3.14. The molecule has 0 aliphatic carbocycles. The average Bonchev–Trinajstić information content (AvgIpc) is 2.46. The summed E-state index contributed by atoms with van der Waals surface area (Å²) in [5.74, 6) is 0.985. The van der Waals surface area contributed by atoms with Gasteiger partial charge in [-0.2, -0.15) is 0 Å². The second-order valence-electron chi connectivity index (χ2n) is 5.07. The standard InChI is InChI=1S/C16H16N2O2/c1-10-6-7-18-16(17)14(10)15(19)12-8-11-4-2-3-5-13(11)20-9-12/h2-7,12H,8-9H2,1H3,(H2,17,18). The van der Waals surface area contributed by atoms with Gasteiger partial charge >= 0.3 is 0 Å². The molecule has 2 heterocycles. The largest absolute Gasteiger partial charge is 0.493 e. The first kappa shape index (κ1) is 12.7. The van der Waals surface area contributed by atoms with E-state index in [2.05, 4.69) is 4.98 Å². The van der Waals surface area contributed by atoms with Gasteiger partial charge in [-0.1, -0.05) is 18.2 Å². The van der Waals surface area contributed by atoms with Crippen molar-refractivity contribution in [3.63, 3.8) is 0 Å². The van der Waals surface area contributed by atoms with E-state index in [0.29, 0.717) is 24.4 Å². The van der Waals surface area contributed by atoms with Gasteiger partial charge in [0.15, 0.2) is 5.78 Å². The van der Waals surface area contributed by atoms with Crippen LogP contribution in [0.4, 0.5) is 5.82 Å². The molecule has 1 aromatic heterocycles. The molecular formula is C16H16N2O2. The summed E-state index contributed by atoms with van der Waals surface area (Å²) in [6.45, 7) is 2.27. The Labute approximate surface area is 117 Å². The first-order valence-electron chi connectivity index (χ1n) is 6.63. The van der Waals surface area contributed by atoms with Crippen LogP contribution in [0.5, 0.6) is 5.75 Å². The first-order valence-corrected chi connectivity index (χ1v) is 6.63. The fourth-order valence-electron chi connectivity index (χ4n) is 2.60. The number of para-hydroxylation sites is 1. The lowest BCUT2D eigenvalue weighted by atomic mass is 9.88. The SMILES string of the molecule is Cc1ccnc(N)c1C(=O)C1COc2ccccc2C1. The van der Waals surface area contributed by atoms with E-state index >= 15 is 0 Å². The van der Waals surface area contributed by atoms with Crippen LogP contribution < -0.4 is 10.5 Å². The second kappa shape index (κ2) is 4.96. The minimum Gasteiger partial charge on any atom is -0.493 e. The number of ether oxygens (including phenoxy) is 1. The third kappa shape index (κ3) is 2.13. The lowest BCUT2D eigenvalue weighted by Gasteiger charge is -2.25. The zero-order chi connectivity index (χ0) is 14.1. The Morgan fingerprint density at radius 1 is 1.35 bits per heavy atom. The number of benzene rings is 1. The van der Waals surface area contributed by atoms with Crippen LogP contribution in [0, 0.1) is 12.8 Å². The Morgan fingerprint density at radius 3 is 2.95 bits per heavy atom. The highest BCUT2D eigenvalue weighted by atomic mass is 16.5. The number of anilines is 1. The van der Waals surface area contributed by atoms with Gasteiger partial charge in [0.2, 0.25) is 0 Å². The van der Waals surface area contributed by atoms with Crippen molar-refractivity contribution in [2.24, 2.45) is 5.92 Å². The zero-order valence-corrected chi connectivity index (χ0v) is 11.3. The van der Waals surface area contributed by atoms with Crippen molar-refractivity contribution in [1.82, 2.24) is 4.98 Å². The molecule has 2 N–H and O–H groups in total. The average molecular weight is 268 g/mol. The summed E-state index contributed by atoms with van der Waals surface area (Å²) < 4.78 is 5.68. The number of fused-ring (bicyclic) bond motifs is 1. The Hall–Kier alpha value is -2.36. The molecule has 0 saturated carbocycles. The maximum absolute atomic E-state index is 12.7. The fourth-order valence-corrected chi connectivity index (χ4v) is 2.60. The second-order valence-corrected chi connectivity index (χ2v) is 5.07. The lowest BCUT2D eigenvalue weighted by molar-refractivity contribution is 0.0855. The topological polar surface area (TPSA) is 65.2 Å². The highest BCUT2D eigenvalue weighted by Crippen LogP contribution is 2.29. The molecule has 1 aromatic carbocycles. The summed E-state index contributed by atoms with van der Waals surface area (Å²) in [6, 6.07) is 9.62. The van der Waals surface area contributed by atoms with E-state index in [0.717, 1.165) is 16.9 Å². The molecule has 0 fully saturated rings. The van der Waals surface area contributed by atoms with E-state index in [-0.39, 0.29) is 11.7 Å². The maximum atomic E-state index is 12.7. The minimum absolute atomic E-state index is 0.0163. The number of rotatable bonds is 2. The highest BCUT2D eigenvalue weighted by Gasteiger charge is 2.28. The number of hydrogen-bond acceptors (Lipinski definition) is 4. The molecule has 1 unspecified atom stereocenters. The molecule has 4 nitrogen and oxygen atoms in total. The normalized spacial score (nSPS) is 17.1. The van der Waals surface area contributed by atoms with Crippen molar-refractivity contribution in [2.45, 2.75) is 13.3 Å². The number of carbonyl (C=O) groups excluding carboxylic acids is 1. The van der Waals surface area contributed by atoms with Crippen LogP contribution in [0.1, 0.15) is 21.5 Å². The molecule has 4 heteroatoms. The van der Waals surface area contributed by atoms with Gasteiger partial charge in [-0.3, -0.25) is 4.79 Å². The molecule has 0 amide bonds. The predicted molar refractivity (Wildman–Crippen MR) is 76.8 cm³/mol. The van der Waals surface area contributed by atoms with Crippen LogP contribution >= 0.6 is 0 Å². The van der Waals surface area contributed by atoms with Crippen LogP contribution in [-0.2, 0) is 6.42 Å². The van der Waals surface area contributed by atoms with Crippen LogP contribution in [0.2, 0.25) is 0 Å². The molecule has 0 saturated heterocycles. The van der Waals surface area contributed by atoms with Gasteiger partial charge in [0.25, 0.3) is 0 Å². The molecular weight excluding hydrogens is 252 g/mol. The number of ketones is 1. The van der Waals surface area contributed by atoms with E-state index < -0.39 is 0 Å². The maximum Gasteiger partial charge on any atom is 0.173 e. The van der Waals surface area contributed by atoms with Crippen molar-refractivity contribution in [3.8, 4) is 5.75 Å². The summed E-state index contributed by atoms with van der Waals surface area (Å²) in [6.07, 6.45) is 2.30. The third-order valence-electron chi connectivity index (χ3n) is 3.68. The molecule has 0 radical (unpaired) electrons. The number of aryl methyl sites for hydroxylation is 1. The number of aromatic nitrogens is 1. The number of pyridine rings is 1. The molecule has 0 spiro atoms. The van der Waals surface area contributed by atoms with E-state index in [1.54, 1.807) is 12.3 Å². The van der Waals surface area contributed by atoms with Gasteiger partial charge in [0.1, 0.15) is 11.6 Å². The van der Waals surface area contributed by atoms with Crippen LogP contribution in [0.15, 0.2) is 36.5 Å². The first-order chi connectivity index (χ1) is 9.66. The number of nitrogen functional groups attached to an aromatic ring is 1. The molecule has 20 heavy (non-hydrogen) atoms. The van der Waals surface area contributed by atoms with Gasteiger partial charge in [0.05, 0.1) is 18.1 Å². The summed E-state index contributed by atoms with van der Waals surface area (Å²) in [5, 5.41) is 0. The quantitative estimate of drug-likeness (QED) is 0.849. The van der Waals surface area contributed by atoms with Crippen LogP contribution in [0.25, 0.3) is 0 Å². The molecule has 1 aliphatic rings. The smallest absolute Gasteiger partial charge is 0.173 e. The summed E-state index contributed by atoms with van der Waals surface area (Å²) >= 11 is 0. The molecule has 3 rings (SSSR count). The number of nitrogens with two attached hydrogens (primary N) is 1. The van der Waals surface area contributed by atoms with Gasteiger partial charge in [-0.05, 0) is 36.6 Å². The molecule has 2 aromatic rings. The Balaban J connectivity index is 1.90. The zero-order valence-electron chi connectivity index (χ0n) is 11.3. The summed E-state index contributed by atoms with van der Waals surface area (Å²) in [4.78, 5) is 16.7. The van der Waals surface area contributed by atoms with E-state index in [1.165, 1.54) is 0 Å². The van der Waals surface area contributed by atoms with Crippen LogP contribution in [-0.4, -0.2) is 17.4 Å². The molecule has 102 valence electrons. The predicted octanol–water partition coefficient (Wildman–Crippen LogP) is 2.41. The molecule has 1 aliphatic heterocycles. The van der Waals surface area contributed by atoms with Crippen molar-refractivity contribution in [1.29, 1.82) is 0 Å². The molecule has 1 atom stereocenters. The van der Waals surface area contributed by atoms with E-state index in [4.69, 9.17) is 10.5 Å². The fraction of sp³-hybridized carbons (Fsp3) is 0.250. The minimum atomic E-state index is -0.199. The molecule has 0 bridgehead atoms. The number of nitrogens with zero attached hydrogens (tertiary/aromatic N) is 1. The van der Waals surface area contributed by atoms with E-state index in [9.17, 15) is 4.79 Å². The number of hydrogen-bond donors (Lipinski definition) is 1. The van der Waals surface area contributed by atoms with Gasteiger partial charge in [-0.15, -0.1) is 0 Å². The summed E-state index contributed by atoms with van der Waals surface area (Å²) in [7, 11) is 0. The monoisotopic (exact) mass is 268 g/mol. The summed E-state index contributed by atoms with van der Waals surface area (Å²) in [5.41, 5.74) is 8.31. The van der Waals surface area contributed by atoms with Crippen molar-refractivity contribution >= 4 is 11.6 Å². The van der Waals surface area contributed by atoms with E-state index in [1.807, 2.05) is 31.2 Å². The van der Waals surface area contributed by atoms with Crippen LogP contribution in [0.3, 0.4) is 0 Å². The van der Waals surface area contributed by atoms with Crippen molar-refractivity contribution < 1.29 is 9.53 Å². The Morgan fingerprint density at radius 2 is 2.15 bits per heavy atom. The number of Topliss-reactive ketones (excluding diaryl/α,β-unsaturated/α-hetero) is 1. The van der Waals surface area contributed by atoms with Gasteiger partial charge in [-0.25, -0.2) is 4.98 Å². The Bertz CT molecular complexity index is 647. The van der Waals surface area contributed by atoms with Gasteiger partial charge in [0, 0.05) is 6.20 Å².